The summed E-state index contributed by atoms with van der Waals surface area (Å²) < 4.78 is 10.3. The number of ketones is 1. The maximum absolute atomic E-state index is 12.3. The first kappa shape index (κ1) is 15.3. The van der Waals surface area contributed by atoms with E-state index in [2.05, 4.69) is 0 Å². The molecule has 122 valence electrons. The molecule has 2 N–H and O–H groups in total. The lowest BCUT2D eigenvalue weighted by atomic mass is 10.1. The molecule has 0 aromatic heterocycles. The number of methoxy groups -OCH3 is 1. The van der Waals surface area contributed by atoms with E-state index in [0.29, 0.717) is 0 Å². The summed E-state index contributed by atoms with van der Waals surface area (Å²) in [4.78, 5) is 22.5. The third-order valence-electron chi connectivity index (χ3n) is 3.45. The number of phenolic OH excluding ortho intramolecular Hbond substituents is 2. The van der Waals surface area contributed by atoms with Crippen LogP contribution in [0.3, 0.4) is 0 Å². The highest BCUT2D eigenvalue weighted by Crippen LogP contribution is 2.39. The number of ether oxygens (including phenoxy) is 2. The number of carbonyl (C=O) groups is 1. The van der Waals surface area contributed by atoms with Crippen LogP contribution in [-0.2, 0) is 0 Å². The zero-order valence-corrected chi connectivity index (χ0v) is 12.3. The Balaban J connectivity index is 2.05. The Kier molecular flexibility index (Phi) is 3.57. The Morgan fingerprint density at radius 1 is 1.25 bits per heavy atom. The van der Waals surface area contributed by atoms with Gasteiger partial charge in [-0.1, -0.05) is 0 Å². The Morgan fingerprint density at radius 2 is 2.00 bits per heavy atom. The Labute approximate surface area is 135 Å². The highest BCUT2D eigenvalue weighted by molar-refractivity contribution is 6.14. The lowest BCUT2D eigenvalue weighted by molar-refractivity contribution is -0.386. The molecule has 2 aromatic carbocycles. The molecule has 0 saturated heterocycles. The second-order valence-corrected chi connectivity index (χ2v) is 4.97. The first-order valence-electron chi connectivity index (χ1n) is 6.73. The van der Waals surface area contributed by atoms with Crippen LogP contribution < -0.4 is 9.47 Å². The van der Waals surface area contributed by atoms with Gasteiger partial charge in [0, 0.05) is 12.1 Å². The van der Waals surface area contributed by atoms with Gasteiger partial charge in [0.25, 0.3) is 0 Å². The molecule has 0 aliphatic carbocycles. The predicted octanol–water partition coefficient (Wildman–Crippen LogP) is 2.63. The van der Waals surface area contributed by atoms with Gasteiger partial charge in [0.15, 0.2) is 11.5 Å². The Morgan fingerprint density at radius 3 is 2.67 bits per heavy atom. The number of nitrogens with zero attached hydrogens (tertiary/aromatic N) is 1. The quantitative estimate of drug-likeness (QED) is 0.504. The molecule has 0 fully saturated rings. The molecule has 0 spiro atoms. The van der Waals surface area contributed by atoms with Gasteiger partial charge in [-0.3, -0.25) is 14.9 Å². The van der Waals surface area contributed by atoms with Crippen molar-refractivity contribution in [2.24, 2.45) is 0 Å². The highest BCUT2D eigenvalue weighted by Gasteiger charge is 2.28. The van der Waals surface area contributed by atoms with E-state index in [1.165, 1.54) is 37.5 Å². The number of fused-ring (bicyclic) bond motifs is 1. The SMILES string of the molecule is COc1cc(C=C2Oc3cc(O)ccc3C2=O)cc([N+](=O)[O-])c1O. The van der Waals surface area contributed by atoms with Gasteiger partial charge < -0.3 is 19.7 Å². The Hall–Kier alpha value is -3.55. The average molecular weight is 329 g/mol. The van der Waals surface area contributed by atoms with Crippen LogP contribution in [0.5, 0.6) is 23.0 Å². The summed E-state index contributed by atoms with van der Waals surface area (Å²) in [5.41, 5.74) is -0.0298. The van der Waals surface area contributed by atoms with Crippen LogP contribution in [-0.4, -0.2) is 28.0 Å². The van der Waals surface area contributed by atoms with Crippen LogP contribution in [0.2, 0.25) is 0 Å². The van der Waals surface area contributed by atoms with E-state index in [1.807, 2.05) is 0 Å². The summed E-state index contributed by atoms with van der Waals surface area (Å²) in [5.74, 6) is -1.03. The smallest absolute Gasteiger partial charge is 0.315 e. The van der Waals surface area contributed by atoms with Crippen LogP contribution in [0, 0.1) is 10.1 Å². The largest absolute Gasteiger partial charge is 0.508 e. The monoisotopic (exact) mass is 329 g/mol. The number of benzene rings is 2. The fourth-order valence-corrected chi connectivity index (χ4v) is 2.32. The van der Waals surface area contributed by atoms with Crippen molar-refractivity contribution in [3.8, 4) is 23.0 Å². The summed E-state index contributed by atoms with van der Waals surface area (Å²) in [6.45, 7) is 0. The number of nitro benzene ring substituents is 1. The molecule has 1 heterocycles. The molecule has 2 aromatic rings. The first-order valence-corrected chi connectivity index (χ1v) is 6.73. The number of hydrogen-bond acceptors (Lipinski definition) is 7. The van der Waals surface area contributed by atoms with Crippen molar-refractivity contribution in [3.05, 3.63) is 57.3 Å². The summed E-state index contributed by atoms with van der Waals surface area (Å²) in [7, 11) is 1.26. The van der Waals surface area contributed by atoms with Crippen molar-refractivity contribution in [2.45, 2.75) is 0 Å². The molecule has 1 aliphatic rings. The zero-order valence-electron chi connectivity index (χ0n) is 12.3. The normalized spacial score (nSPS) is 14.4. The molecule has 8 heteroatoms. The number of carbonyl (C=O) groups excluding carboxylic acids is 1. The topological polar surface area (TPSA) is 119 Å². The minimum Gasteiger partial charge on any atom is -0.508 e. The molecule has 0 unspecified atom stereocenters. The van der Waals surface area contributed by atoms with Crippen molar-refractivity contribution < 1.29 is 29.4 Å². The fraction of sp³-hybridized carbons (Fsp3) is 0.0625. The van der Waals surface area contributed by atoms with Crippen molar-refractivity contribution in [2.75, 3.05) is 7.11 Å². The van der Waals surface area contributed by atoms with E-state index in [4.69, 9.17) is 9.47 Å². The molecule has 0 radical (unpaired) electrons. The summed E-state index contributed by atoms with van der Waals surface area (Å²) in [5, 5.41) is 30.2. The van der Waals surface area contributed by atoms with E-state index in [1.54, 1.807) is 0 Å². The van der Waals surface area contributed by atoms with E-state index >= 15 is 0 Å². The van der Waals surface area contributed by atoms with Crippen LogP contribution >= 0.6 is 0 Å². The van der Waals surface area contributed by atoms with Gasteiger partial charge in [0.2, 0.25) is 11.5 Å². The maximum Gasteiger partial charge on any atom is 0.315 e. The van der Waals surface area contributed by atoms with Gasteiger partial charge in [0.05, 0.1) is 17.6 Å². The van der Waals surface area contributed by atoms with E-state index in [9.17, 15) is 25.1 Å². The lowest BCUT2D eigenvalue weighted by Gasteiger charge is -2.06. The van der Waals surface area contributed by atoms with Gasteiger partial charge in [-0.25, -0.2) is 0 Å². The molecule has 0 atom stereocenters. The number of rotatable bonds is 3. The molecule has 1 aliphatic heterocycles. The second kappa shape index (κ2) is 5.58. The zero-order chi connectivity index (χ0) is 17.4. The fourth-order valence-electron chi connectivity index (χ4n) is 2.32. The summed E-state index contributed by atoms with van der Waals surface area (Å²) >= 11 is 0. The second-order valence-electron chi connectivity index (χ2n) is 4.97. The molecule has 8 nitrogen and oxygen atoms in total. The number of hydrogen-bond donors (Lipinski definition) is 2. The lowest BCUT2D eigenvalue weighted by Crippen LogP contribution is -1.99. The van der Waals surface area contributed by atoms with Crippen LogP contribution in [0.1, 0.15) is 15.9 Å². The minimum atomic E-state index is -0.760. The van der Waals surface area contributed by atoms with E-state index in [0.717, 1.165) is 6.07 Å². The molecule has 0 amide bonds. The van der Waals surface area contributed by atoms with Crippen molar-refractivity contribution in [3.63, 3.8) is 0 Å². The van der Waals surface area contributed by atoms with Crippen molar-refractivity contribution in [1.29, 1.82) is 0 Å². The standard InChI is InChI=1S/C16H11NO7/c1-23-13-5-8(4-11(16(13)20)17(21)22)6-14-15(19)10-3-2-9(18)7-12(10)24-14/h2-7,18,20H,1H3. The third-order valence-corrected chi connectivity index (χ3v) is 3.45. The van der Waals surface area contributed by atoms with Crippen LogP contribution in [0.25, 0.3) is 6.08 Å². The van der Waals surface area contributed by atoms with Gasteiger partial charge >= 0.3 is 5.69 Å². The average Bonchev–Trinajstić information content (AvgIpc) is 2.83. The molecular formula is C16H11NO7. The molecule has 0 bridgehead atoms. The number of allylic oxidation sites excluding steroid dienone is 1. The number of Topliss-reactive ketones (excluding diaryl/α,β-unsaturated/α-hetero) is 1. The van der Waals surface area contributed by atoms with Gasteiger partial charge in [0.1, 0.15) is 11.5 Å². The van der Waals surface area contributed by atoms with Crippen molar-refractivity contribution >= 4 is 17.5 Å². The van der Waals surface area contributed by atoms with E-state index < -0.39 is 22.1 Å². The van der Waals surface area contributed by atoms with Crippen LogP contribution in [0.15, 0.2) is 36.1 Å². The Bertz CT molecular complexity index is 902. The highest BCUT2D eigenvalue weighted by atomic mass is 16.6. The maximum atomic E-state index is 12.3. The number of aromatic hydroxyl groups is 2. The minimum absolute atomic E-state index is 0.0512. The molecule has 0 saturated carbocycles. The molecular weight excluding hydrogens is 318 g/mol. The van der Waals surface area contributed by atoms with Gasteiger partial charge in [-0.05, 0) is 29.8 Å². The summed E-state index contributed by atoms with van der Waals surface area (Å²) in [6.07, 6.45) is 1.30. The first-order chi connectivity index (χ1) is 11.4. The van der Waals surface area contributed by atoms with Gasteiger partial charge in [-0.15, -0.1) is 0 Å². The number of phenols is 2. The van der Waals surface area contributed by atoms with Gasteiger partial charge in [-0.2, -0.15) is 0 Å². The van der Waals surface area contributed by atoms with Crippen molar-refractivity contribution in [1.82, 2.24) is 0 Å². The molecule has 24 heavy (non-hydrogen) atoms. The van der Waals surface area contributed by atoms with E-state index in [-0.39, 0.29) is 34.1 Å². The van der Waals surface area contributed by atoms with Crippen LogP contribution in [0.4, 0.5) is 5.69 Å². The number of nitro groups is 1. The molecule has 3 rings (SSSR count). The summed E-state index contributed by atoms with van der Waals surface area (Å²) in [6, 6.07) is 6.52. The predicted molar refractivity (Wildman–Crippen MR) is 82.4 cm³/mol. The third kappa shape index (κ3) is 2.50.